The summed E-state index contributed by atoms with van der Waals surface area (Å²) in [6.07, 6.45) is 10.1. The molecule has 0 spiro atoms. The highest BCUT2D eigenvalue weighted by Crippen LogP contribution is 2.26. The molecule has 2 heterocycles. The monoisotopic (exact) mass is 326 g/mol. The van der Waals surface area contributed by atoms with E-state index in [2.05, 4.69) is 11.0 Å². The first-order chi connectivity index (χ1) is 11.8. The third-order valence-electron chi connectivity index (χ3n) is 5.60. The summed E-state index contributed by atoms with van der Waals surface area (Å²) in [6, 6.07) is 6.93. The maximum absolute atomic E-state index is 12.4. The maximum atomic E-state index is 12.4. The fourth-order valence-electron chi connectivity index (χ4n) is 4.16. The molecule has 1 saturated heterocycles. The molecular weight excluding hydrogens is 300 g/mol. The van der Waals surface area contributed by atoms with Gasteiger partial charge >= 0.3 is 0 Å². The molecule has 24 heavy (non-hydrogen) atoms. The zero-order chi connectivity index (χ0) is 16.4. The molecule has 1 aromatic rings. The van der Waals surface area contributed by atoms with Crippen LogP contribution < -0.4 is 4.74 Å². The van der Waals surface area contributed by atoms with Crippen LogP contribution in [-0.4, -0.2) is 54.5 Å². The molecule has 1 saturated carbocycles. The van der Waals surface area contributed by atoms with E-state index < -0.39 is 0 Å². The Morgan fingerprint density at radius 2 is 1.92 bits per heavy atom. The van der Waals surface area contributed by atoms with Gasteiger partial charge in [0.05, 0.1) is 6.61 Å². The number of carbonyl (C=O) groups is 1. The van der Waals surface area contributed by atoms with Gasteiger partial charge in [-0.25, -0.2) is 0 Å². The molecule has 4 heteroatoms. The lowest BCUT2D eigenvalue weighted by molar-refractivity contribution is -0.127. The third kappa shape index (κ3) is 3.34. The van der Waals surface area contributed by atoms with Gasteiger partial charge in [-0.15, -0.1) is 0 Å². The predicted molar refractivity (Wildman–Crippen MR) is 95.1 cm³/mol. The van der Waals surface area contributed by atoms with Crippen LogP contribution >= 0.6 is 0 Å². The number of hydrogen-bond donors (Lipinski definition) is 0. The summed E-state index contributed by atoms with van der Waals surface area (Å²) >= 11 is 0. The van der Waals surface area contributed by atoms with E-state index in [9.17, 15) is 4.79 Å². The van der Waals surface area contributed by atoms with Gasteiger partial charge in [0, 0.05) is 44.7 Å². The van der Waals surface area contributed by atoms with Gasteiger partial charge in [-0.2, -0.15) is 0 Å². The average molecular weight is 326 g/mol. The topological polar surface area (TPSA) is 32.8 Å². The van der Waals surface area contributed by atoms with Crippen molar-refractivity contribution in [3.05, 3.63) is 35.4 Å². The van der Waals surface area contributed by atoms with E-state index >= 15 is 0 Å². The summed E-state index contributed by atoms with van der Waals surface area (Å²) in [5, 5.41) is 0. The largest absolute Gasteiger partial charge is 0.493 e. The number of rotatable bonds is 3. The summed E-state index contributed by atoms with van der Waals surface area (Å²) in [6.45, 7) is 4.54. The third-order valence-corrected chi connectivity index (χ3v) is 5.60. The van der Waals surface area contributed by atoms with Gasteiger partial charge in [-0.05, 0) is 42.2 Å². The number of hydrogen-bond acceptors (Lipinski definition) is 3. The average Bonchev–Trinajstić information content (AvgIpc) is 3.31. The van der Waals surface area contributed by atoms with Gasteiger partial charge in [0.15, 0.2) is 0 Å². The molecule has 4 rings (SSSR count). The highest BCUT2D eigenvalue weighted by atomic mass is 16.5. The molecule has 1 aliphatic carbocycles. The van der Waals surface area contributed by atoms with Crippen molar-refractivity contribution in [1.82, 2.24) is 9.80 Å². The Morgan fingerprint density at radius 1 is 1.12 bits per heavy atom. The first-order valence-corrected chi connectivity index (χ1v) is 9.26. The Hall–Kier alpha value is -1.81. The zero-order valence-corrected chi connectivity index (χ0v) is 14.2. The van der Waals surface area contributed by atoms with Crippen LogP contribution in [0.2, 0.25) is 0 Å². The lowest BCUT2D eigenvalue weighted by Gasteiger charge is -2.37. The van der Waals surface area contributed by atoms with Gasteiger partial charge in [0.25, 0.3) is 0 Å². The number of fused-ring (bicyclic) bond motifs is 1. The van der Waals surface area contributed by atoms with Gasteiger partial charge in [-0.3, -0.25) is 9.69 Å². The van der Waals surface area contributed by atoms with Crippen molar-refractivity contribution in [2.75, 3.05) is 32.8 Å². The molecule has 1 amide bonds. The van der Waals surface area contributed by atoms with Gasteiger partial charge in [-0.1, -0.05) is 18.9 Å². The van der Waals surface area contributed by atoms with Crippen molar-refractivity contribution >= 4 is 12.0 Å². The number of nitrogens with zero attached hydrogens (tertiary/aromatic N) is 2. The Kier molecular flexibility index (Phi) is 4.56. The van der Waals surface area contributed by atoms with E-state index in [1.165, 1.54) is 31.2 Å². The first kappa shape index (κ1) is 15.7. The minimum Gasteiger partial charge on any atom is -0.493 e. The maximum Gasteiger partial charge on any atom is 0.246 e. The van der Waals surface area contributed by atoms with Crippen LogP contribution in [0.4, 0.5) is 0 Å². The van der Waals surface area contributed by atoms with E-state index in [0.29, 0.717) is 0 Å². The van der Waals surface area contributed by atoms with Crippen molar-refractivity contribution in [2.24, 2.45) is 0 Å². The highest BCUT2D eigenvalue weighted by Gasteiger charge is 2.27. The van der Waals surface area contributed by atoms with Crippen LogP contribution in [-0.2, 0) is 11.2 Å². The van der Waals surface area contributed by atoms with Crippen molar-refractivity contribution in [3.63, 3.8) is 0 Å². The fraction of sp³-hybridized carbons (Fsp3) is 0.550. The van der Waals surface area contributed by atoms with E-state index in [1.54, 1.807) is 6.08 Å². The number of ether oxygens (including phenoxy) is 1. The Balaban J connectivity index is 1.31. The molecule has 0 atom stereocenters. The van der Waals surface area contributed by atoms with E-state index in [1.807, 2.05) is 23.1 Å². The summed E-state index contributed by atoms with van der Waals surface area (Å²) in [5.74, 6) is 1.12. The van der Waals surface area contributed by atoms with Crippen LogP contribution in [0.5, 0.6) is 5.75 Å². The summed E-state index contributed by atoms with van der Waals surface area (Å²) < 4.78 is 5.52. The molecule has 0 bridgehead atoms. The second-order valence-corrected chi connectivity index (χ2v) is 7.10. The Morgan fingerprint density at radius 3 is 2.71 bits per heavy atom. The number of carbonyl (C=O) groups excluding carboxylic acids is 1. The zero-order valence-electron chi connectivity index (χ0n) is 14.2. The summed E-state index contributed by atoms with van der Waals surface area (Å²) in [7, 11) is 0. The quantitative estimate of drug-likeness (QED) is 0.801. The minimum absolute atomic E-state index is 0.137. The lowest BCUT2D eigenvalue weighted by atomic mass is 10.1. The van der Waals surface area contributed by atoms with Crippen LogP contribution in [0.25, 0.3) is 6.08 Å². The van der Waals surface area contributed by atoms with Crippen molar-refractivity contribution in [3.8, 4) is 5.75 Å². The highest BCUT2D eigenvalue weighted by molar-refractivity contribution is 5.91. The molecule has 4 nitrogen and oxygen atoms in total. The predicted octanol–water partition coefficient (Wildman–Crippen LogP) is 2.72. The van der Waals surface area contributed by atoms with Crippen LogP contribution in [0.15, 0.2) is 24.3 Å². The SMILES string of the molecule is O=C(/C=C\c1ccc2c(c1)CCO2)N1CCN(C2CCCC2)CC1. The van der Waals surface area contributed by atoms with E-state index in [4.69, 9.17) is 4.74 Å². The van der Waals surface area contributed by atoms with Crippen LogP contribution in [0.3, 0.4) is 0 Å². The van der Waals surface area contributed by atoms with Crippen molar-refractivity contribution in [1.29, 1.82) is 0 Å². The molecule has 2 aliphatic heterocycles. The smallest absolute Gasteiger partial charge is 0.246 e. The molecule has 3 aliphatic rings. The summed E-state index contributed by atoms with van der Waals surface area (Å²) in [5.41, 5.74) is 2.33. The molecular formula is C20H26N2O2. The molecule has 0 N–H and O–H groups in total. The second kappa shape index (κ2) is 6.98. The standard InChI is InChI=1S/C20H26N2O2/c23-20(8-6-16-5-7-19-17(15-16)9-14-24-19)22-12-10-21(11-13-22)18-3-1-2-4-18/h5-8,15,18H,1-4,9-14H2/b8-6-. The number of amides is 1. The molecule has 0 aromatic heterocycles. The minimum atomic E-state index is 0.137. The Bertz CT molecular complexity index is 627. The van der Waals surface area contributed by atoms with E-state index in [0.717, 1.165) is 56.6 Å². The van der Waals surface area contributed by atoms with Crippen LogP contribution in [0, 0.1) is 0 Å². The molecule has 1 aromatic carbocycles. The van der Waals surface area contributed by atoms with Crippen molar-refractivity contribution in [2.45, 2.75) is 38.1 Å². The summed E-state index contributed by atoms with van der Waals surface area (Å²) in [4.78, 5) is 17.0. The Labute approximate surface area is 144 Å². The van der Waals surface area contributed by atoms with Gasteiger partial charge in [0.2, 0.25) is 5.91 Å². The molecule has 2 fully saturated rings. The normalized spacial score (nSPS) is 22.1. The van der Waals surface area contributed by atoms with Crippen LogP contribution in [0.1, 0.15) is 36.8 Å². The fourth-order valence-corrected chi connectivity index (χ4v) is 4.16. The van der Waals surface area contributed by atoms with Gasteiger partial charge < -0.3 is 9.64 Å². The molecule has 128 valence electrons. The lowest BCUT2D eigenvalue weighted by Crippen LogP contribution is -2.51. The van der Waals surface area contributed by atoms with E-state index in [-0.39, 0.29) is 5.91 Å². The van der Waals surface area contributed by atoms with Gasteiger partial charge in [0.1, 0.15) is 5.75 Å². The second-order valence-electron chi connectivity index (χ2n) is 7.10. The molecule has 0 radical (unpaired) electrons. The first-order valence-electron chi connectivity index (χ1n) is 9.26. The van der Waals surface area contributed by atoms with Crippen molar-refractivity contribution < 1.29 is 9.53 Å². The number of benzene rings is 1. The number of piperazine rings is 1. The molecule has 0 unspecified atom stereocenters.